The van der Waals surface area contributed by atoms with Crippen molar-refractivity contribution >= 4 is 11.3 Å². The summed E-state index contributed by atoms with van der Waals surface area (Å²) in [5.74, 6) is 0. The molecule has 22 heavy (non-hydrogen) atoms. The normalized spacial score (nSPS) is 11.5. The Kier molecular flexibility index (Phi) is 4.59. The first-order chi connectivity index (χ1) is 10.3. The van der Waals surface area contributed by atoms with Crippen LogP contribution in [-0.4, -0.2) is 21.7 Å². The minimum absolute atomic E-state index is 0.0965. The predicted molar refractivity (Wildman–Crippen MR) is 71.7 cm³/mol. The van der Waals surface area contributed by atoms with E-state index >= 15 is 0 Å². The lowest BCUT2D eigenvalue weighted by Crippen LogP contribution is -2.07. The fraction of sp³-hybridized carbons (Fsp3) is 0.333. The van der Waals surface area contributed by atoms with Gasteiger partial charge in [-0.1, -0.05) is 0 Å². The summed E-state index contributed by atoms with van der Waals surface area (Å²) in [5, 5.41) is 9.72. The van der Waals surface area contributed by atoms with Gasteiger partial charge in [0.1, 0.15) is 17.3 Å². The molecule has 0 aliphatic rings. The van der Waals surface area contributed by atoms with Crippen molar-refractivity contribution in [1.29, 1.82) is 0 Å². The molecule has 2 rings (SSSR count). The van der Waals surface area contributed by atoms with Crippen molar-refractivity contribution in [2.24, 2.45) is 0 Å². The summed E-state index contributed by atoms with van der Waals surface area (Å²) in [7, 11) is 0. The lowest BCUT2D eigenvalue weighted by molar-refractivity contribution is -0.757. The summed E-state index contributed by atoms with van der Waals surface area (Å²) in [4.78, 5) is 22.7. The Morgan fingerprint density at radius 3 is 2.68 bits per heavy atom. The molecule has 0 spiro atoms. The molecule has 0 aromatic carbocycles. The fourth-order valence-electron chi connectivity index (χ4n) is 1.68. The predicted octanol–water partition coefficient (Wildman–Crippen LogP) is 3.28. The lowest BCUT2D eigenvalue weighted by atomic mass is 10.2. The molecule has 6 nitrogen and oxygen atoms in total. The molecule has 0 aliphatic heterocycles. The number of alkyl halides is 3. The van der Waals surface area contributed by atoms with Crippen LogP contribution in [0.4, 0.5) is 13.2 Å². The summed E-state index contributed by atoms with van der Waals surface area (Å²) in [6.45, 7) is 1.62. The summed E-state index contributed by atoms with van der Waals surface area (Å²) in [5.41, 5.74) is 0.151. The number of halogens is 3. The summed E-state index contributed by atoms with van der Waals surface area (Å²) >= 11 is 1.24. The number of aromatic nitrogens is 2. The first kappa shape index (κ1) is 16.1. The standard InChI is InChI=1S/C12H10F3N3O3S/c1-7-9(4-5-21-18(19)20)22-11(17-7)8-2-3-10(16-6-8)12(13,14)15/h2-3,6H,4-5H2,1H3. The number of aryl methyl sites for hydroxylation is 1. The van der Waals surface area contributed by atoms with Crippen LogP contribution in [0.25, 0.3) is 10.6 Å². The Morgan fingerprint density at radius 1 is 1.41 bits per heavy atom. The maximum absolute atomic E-state index is 12.5. The van der Waals surface area contributed by atoms with Crippen LogP contribution in [-0.2, 0) is 17.4 Å². The largest absolute Gasteiger partial charge is 0.433 e. The highest BCUT2D eigenvalue weighted by molar-refractivity contribution is 7.15. The van der Waals surface area contributed by atoms with Crippen molar-refractivity contribution in [3.8, 4) is 10.6 Å². The van der Waals surface area contributed by atoms with E-state index in [9.17, 15) is 23.3 Å². The molecule has 0 bridgehead atoms. The smallest absolute Gasteiger partial charge is 0.314 e. The Balaban J connectivity index is 2.14. The molecular weight excluding hydrogens is 323 g/mol. The second-order valence-electron chi connectivity index (χ2n) is 4.26. The highest BCUT2D eigenvalue weighted by atomic mass is 32.1. The topological polar surface area (TPSA) is 78.2 Å². The van der Waals surface area contributed by atoms with E-state index in [-0.39, 0.29) is 6.61 Å². The molecule has 0 N–H and O–H groups in total. The number of thiazole rings is 1. The first-order valence-corrected chi connectivity index (χ1v) is 6.86. The van der Waals surface area contributed by atoms with Crippen LogP contribution in [0.3, 0.4) is 0 Å². The fourth-order valence-corrected chi connectivity index (χ4v) is 2.72. The number of hydrogen-bond acceptors (Lipinski definition) is 6. The zero-order chi connectivity index (χ0) is 16.3. The maximum atomic E-state index is 12.5. The van der Waals surface area contributed by atoms with Gasteiger partial charge in [0, 0.05) is 23.1 Å². The molecule has 2 aromatic rings. The van der Waals surface area contributed by atoms with Gasteiger partial charge in [0.2, 0.25) is 0 Å². The minimum Gasteiger partial charge on any atom is -0.314 e. The molecule has 0 saturated heterocycles. The Morgan fingerprint density at radius 2 is 2.14 bits per heavy atom. The zero-order valence-electron chi connectivity index (χ0n) is 11.3. The molecule has 0 amide bonds. The van der Waals surface area contributed by atoms with Gasteiger partial charge in [-0.05, 0) is 19.1 Å². The minimum atomic E-state index is -4.48. The van der Waals surface area contributed by atoms with Gasteiger partial charge in [-0.2, -0.15) is 13.2 Å². The van der Waals surface area contributed by atoms with Gasteiger partial charge in [0.05, 0.1) is 5.69 Å². The number of rotatable bonds is 5. The van der Waals surface area contributed by atoms with Crippen molar-refractivity contribution in [2.45, 2.75) is 19.5 Å². The van der Waals surface area contributed by atoms with Gasteiger partial charge in [0.15, 0.2) is 0 Å². The third-order valence-corrected chi connectivity index (χ3v) is 3.99. The summed E-state index contributed by atoms with van der Waals surface area (Å²) < 4.78 is 37.4. The van der Waals surface area contributed by atoms with E-state index in [1.54, 1.807) is 6.92 Å². The van der Waals surface area contributed by atoms with E-state index < -0.39 is 17.0 Å². The van der Waals surface area contributed by atoms with Crippen LogP contribution in [0.2, 0.25) is 0 Å². The van der Waals surface area contributed by atoms with Gasteiger partial charge in [-0.25, -0.2) is 4.98 Å². The second-order valence-corrected chi connectivity index (χ2v) is 5.35. The molecular formula is C12H10F3N3O3S. The SMILES string of the molecule is Cc1nc(-c2ccc(C(F)(F)F)nc2)sc1CCO[N+](=O)[O-]. The number of pyridine rings is 1. The highest BCUT2D eigenvalue weighted by Crippen LogP contribution is 2.31. The summed E-state index contributed by atoms with van der Waals surface area (Å²) in [6, 6.07) is 2.19. The average Bonchev–Trinajstić information content (AvgIpc) is 2.79. The van der Waals surface area contributed by atoms with Crippen LogP contribution >= 0.6 is 11.3 Å². The van der Waals surface area contributed by atoms with Crippen LogP contribution in [0.15, 0.2) is 18.3 Å². The molecule has 0 radical (unpaired) electrons. The average molecular weight is 333 g/mol. The van der Waals surface area contributed by atoms with Gasteiger partial charge >= 0.3 is 6.18 Å². The van der Waals surface area contributed by atoms with Crippen LogP contribution in [0.1, 0.15) is 16.3 Å². The molecule has 0 atom stereocenters. The van der Waals surface area contributed by atoms with Crippen LogP contribution in [0.5, 0.6) is 0 Å². The first-order valence-electron chi connectivity index (χ1n) is 6.04. The van der Waals surface area contributed by atoms with Crippen LogP contribution < -0.4 is 0 Å². The van der Waals surface area contributed by atoms with E-state index in [0.29, 0.717) is 22.7 Å². The van der Waals surface area contributed by atoms with E-state index in [1.807, 2.05) is 0 Å². The Hall–Kier alpha value is -2.23. The Labute approximate surface area is 126 Å². The van der Waals surface area contributed by atoms with E-state index in [4.69, 9.17) is 0 Å². The van der Waals surface area contributed by atoms with Crippen molar-refractivity contribution in [2.75, 3.05) is 6.61 Å². The van der Waals surface area contributed by atoms with Crippen LogP contribution in [0, 0.1) is 17.0 Å². The molecule has 2 aromatic heterocycles. The third kappa shape index (κ3) is 3.91. The molecule has 118 valence electrons. The zero-order valence-corrected chi connectivity index (χ0v) is 12.1. The molecule has 10 heteroatoms. The Bertz CT molecular complexity index is 670. The highest BCUT2D eigenvalue weighted by Gasteiger charge is 2.32. The third-order valence-electron chi connectivity index (χ3n) is 2.72. The molecule has 0 aliphatic carbocycles. The lowest BCUT2D eigenvalue weighted by Gasteiger charge is -2.05. The molecule has 0 fully saturated rings. The second kappa shape index (κ2) is 6.26. The maximum Gasteiger partial charge on any atom is 0.433 e. The van der Waals surface area contributed by atoms with Gasteiger partial charge in [0.25, 0.3) is 5.09 Å². The number of nitrogens with zero attached hydrogens (tertiary/aromatic N) is 3. The van der Waals surface area contributed by atoms with E-state index in [0.717, 1.165) is 17.1 Å². The molecule has 0 unspecified atom stereocenters. The quantitative estimate of drug-likeness (QED) is 0.620. The molecule has 2 heterocycles. The van der Waals surface area contributed by atoms with E-state index in [2.05, 4.69) is 14.8 Å². The van der Waals surface area contributed by atoms with Crippen molar-refractivity contribution in [3.63, 3.8) is 0 Å². The van der Waals surface area contributed by atoms with Crippen molar-refractivity contribution < 1.29 is 23.1 Å². The van der Waals surface area contributed by atoms with Crippen molar-refractivity contribution in [1.82, 2.24) is 9.97 Å². The molecule has 0 saturated carbocycles. The number of hydrogen-bond donors (Lipinski definition) is 0. The van der Waals surface area contributed by atoms with Gasteiger partial charge < -0.3 is 4.84 Å². The van der Waals surface area contributed by atoms with Gasteiger partial charge in [-0.3, -0.25) is 4.98 Å². The van der Waals surface area contributed by atoms with Gasteiger partial charge in [-0.15, -0.1) is 21.5 Å². The van der Waals surface area contributed by atoms with E-state index in [1.165, 1.54) is 17.4 Å². The van der Waals surface area contributed by atoms with Crippen molar-refractivity contribution in [3.05, 3.63) is 44.7 Å². The monoisotopic (exact) mass is 333 g/mol. The summed E-state index contributed by atoms with van der Waals surface area (Å²) in [6.07, 6.45) is -3.07.